The third-order valence-corrected chi connectivity index (χ3v) is 2.02. The predicted molar refractivity (Wildman–Crippen MR) is 52.7 cm³/mol. The molecule has 82 valence electrons. The summed E-state index contributed by atoms with van der Waals surface area (Å²) in [5.74, 6) is -1.24. The van der Waals surface area contributed by atoms with Crippen molar-refractivity contribution in [3.8, 4) is 0 Å². The summed E-state index contributed by atoms with van der Waals surface area (Å²) in [6.07, 6.45) is 1.34. The number of hydrogen-bond donors (Lipinski definition) is 1. The molecule has 0 spiro atoms. The molecule has 0 bridgehead atoms. The maximum Gasteiger partial charge on any atom is 0.357 e. The van der Waals surface area contributed by atoms with Gasteiger partial charge in [0.1, 0.15) is 12.1 Å². The summed E-state index contributed by atoms with van der Waals surface area (Å²) in [4.78, 5) is 14.3. The molecule has 1 aromatic heterocycles. The van der Waals surface area contributed by atoms with Crippen molar-refractivity contribution in [2.24, 2.45) is 0 Å². The molecule has 0 saturated carbocycles. The van der Waals surface area contributed by atoms with Crippen molar-refractivity contribution in [1.29, 1.82) is 0 Å². The Hall–Kier alpha value is -2.17. The molecule has 0 aliphatic carbocycles. The fourth-order valence-corrected chi connectivity index (χ4v) is 1.31. The predicted octanol–water partition coefficient (Wildman–Crippen LogP) is 2.10. The molecule has 0 atom stereocenters. The first-order chi connectivity index (χ1) is 7.65. The molecule has 1 N–H and O–H groups in total. The van der Waals surface area contributed by atoms with E-state index in [1.54, 1.807) is 12.1 Å². The smallest absolute Gasteiger partial charge is 0.357 e. The van der Waals surface area contributed by atoms with Crippen molar-refractivity contribution in [3.05, 3.63) is 53.5 Å². The summed E-state index contributed by atoms with van der Waals surface area (Å²) >= 11 is 0. The molecule has 0 aliphatic rings. The lowest BCUT2D eigenvalue weighted by atomic mass is 10.1. The van der Waals surface area contributed by atoms with Gasteiger partial charge in [-0.3, -0.25) is 0 Å². The van der Waals surface area contributed by atoms with Crippen LogP contribution in [0.25, 0.3) is 0 Å². The van der Waals surface area contributed by atoms with Gasteiger partial charge in [-0.15, -0.1) is 0 Å². The van der Waals surface area contributed by atoms with Crippen molar-refractivity contribution >= 4 is 5.97 Å². The summed E-state index contributed by atoms with van der Waals surface area (Å²) in [6, 6.07) is 5.98. The number of carbonyl (C=O) groups is 1. The van der Waals surface area contributed by atoms with Crippen LogP contribution in [0, 0.1) is 5.82 Å². The van der Waals surface area contributed by atoms with Crippen LogP contribution in [0.2, 0.25) is 0 Å². The van der Waals surface area contributed by atoms with E-state index in [1.807, 2.05) is 0 Å². The second-order valence-electron chi connectivity index (χ2n) is 3.24. The molecule has 0 amide bonds. The zero-order valence-corrected chi connectivity index (χ0v) is 8.18. The summed E-state index contributed by atoms with van der Waals surface area (Å²) in [6.45, 7) is 0. The van der Waals surface area contributed by atoms with Gasteiger partial charge in [0.2, 0.25) is 0 Å². The molecule has 16 heavy (non-hydrogen) atoms. The molecule has 5 heteroatoms. The number of nitrogens with zero attached hydrogens (tertiary/aromatic N) is 1. The molecule has 4 nitrogen and oxygen atoms in total. The Bertz CT molecular complexity index is 521. The van der Waals surface area contributed by atoms with Gasteiger partial charge in [-0.25, -0.2) is 14.2 Å². The van der Waals surface area contributed by atoms with E-state index in [9.17, 15) is 9.18 Å². The fraction of sp³-hybridized carbons (Fsp3) is 0.0909. The lowest BCUT2D eigenvalue weighted by molar-refractivity contribution is 0.0690. The van der Waals surface area contributed by atoms with E-state index in [-0.39, 0.29) is 23.8 Å². The average molecular weight is 221 g/mol. The van der Waals surface area contributed by atoms with E-state index in [0.29, 0.717) is 5.56 Å². The summed E-state index contributed by atoms with van der Waals surface area (Å²) in [7, 11) is 0. The summed E-state index contributed by atoms with van der Waals surface area (Å²) < 4.78 is 17.8. The quantitative estimate of drug-likeness (QED) is 0.862. The third kappa shape index (κ3) is 2.25. The number of carboxylic acids is 1. The van der Waals surface area contributed by atoms with E-state index >= 15 is 0 Å². The minimum absolute atomic E-state index is 0.147. The van der Waals surface area contributed by atoms with E-state index < -0.39 is 5.97 Å². The Labute approximate surface area is 90.4 Å². The average Bonchev–Trinajstić information content (AvgIpc) is 2.66. The van der Waals surface area contributed by atoms with Crippen LogP contribution in [0.3, 0.4) is 0 Å². The van der Waals surface area contributed by atoms with Gasteiger partial charge in [0.15, 0.2) is 11.6 Å². The van der Waals surface area contributed by atoms with Gasteiger partial charge in [-0.1, -0.05) is 12.1 Å². The molecule has 0 radical (unpaired) electrons. The van der Waals surface area contributed by atoms with Gasteiger partial charge in [0.25, 0.3) is 0 Å². The zero-order chi connectivity index (χ0) is 11.5. The number of oxazole rings is 1. The van der Waals surface area contributed by atoms with Crippen molar-refractivity contribution < 1.29 is 18.7 Å². The topological polar surface area (TPSA) is 63.3 Å². The molecule has 0 aliphatic heterocycles. The first-order valence-corrected chi connectivity index (χ1v) is 4.57. The van der Waals surface area contributed by atoms with Crippen molar-refractivity contribution in [3.63, 3.8) is 0 Å². The SMILES string of the molecule is O=C(O)c1coc(Cc2cccc(F)c2)n1. The monoisotopic (exact) mass is 221 g/mol. The number of hydrogen-bond acceptors (Lipinski definition) is 3. The van der Waals surface area contributed by atoms with E-state index in [0.717, 1.165) is 6.26 Å². The summed E-state index contributed by atoms with van der Waals surface area (Å²) in [5.41, 5.74) is 0.533. The third-order valence-electron chi connectivity index (χ3n) is 2.02. The second-order valence-corrected chi connectivity index (χ2v) is 3.24. The fourth-order valence-electron chi connectivity index (χ4n) is 1.31. The highest BCUT2D eigenvalue weighted by Crippen LogP contribution is 2.10. The first kappa shape index (κ1) is 10.4. The molecule has 1 aromatic carbocycles. The number of halogens is 1. The normalized spacial score (nSPS) is 10.3. The molecule has 2 aromatic rings. The van der Waals surface area contributed by atoms with Crippen LogP contribution < -0.4 is 0 Å². The van der Waals surface area contributed by atoms with E-state index in [1.165, 1.54) is 12.1 Å². The highest BCUT2D eigenvalue weighted by molar-refractivity contribution is 5.84. The second kappa shape index (κ2) is 4.14. The van der Waals surface area contributed by atoms with Gasteiger partial charge < -0.3 is 9.52 Å². The standard InChI is InChI=1S/C11H8FNO3/c12-8-3-1-2-7(4-8)5-10-13-9(6-16-10)11(14)15/h1-4,6H,5H2,(H,14,15). The lowest BCUT2D eigenvalue weighted by Gasteiger charge is -1.96. The summed E-state index contributed by atoms with van der Waals surface area (Å²) in [5, 5.41) is 8.63. The number of rotatable bonds is 3. The van der Waals surface area contributed by atoms with E-state index in [4.69, 9.17) is 9.52 Å². The van der Waals surface area contributed by atoms with Crippen molar-refractivity contribution in [2.45, 2.75) is 6.42 Å². The Morgan fingerprint density at radius 3 is 2.94 bits per heavy atom. The number of aromatic carboxylic acids is 1. The van der Waals surface area contributed by atoms with Gasteiger partial charge in [0, 0.05) is 6.42 Å². The van der Waals surface area contributed by atoms with Crippen LogP contribution in [-0.4, -0.2) is 16.1 Å². The molecule has 0 unspecified atom stereocenters. The molecule has 0 fully saturated rings. The van der Waals surface area contributed by atoms with Crippen LogP contribution in [0.1, 0.15) is 21.9 Å². The minimum atomic E-state index is -1.14. The Kier molecular flexibility index (Phi) is 2.68. The largest absolute Gasteiger partial charge is 0.476 e. The zero-order valence-electron chi connectivity index (χ0n) is 8.18. The van der Waals surface area contributed by atoms with Gasteiger partial charge >= 0.3 is 5.97 Å². The first-order valence-electron chi connectivity index (χ1n) is 4.57. The number of aromatic nitrogens is 1. The molecule has 1 heterocycles. The van der Waals surface area contributed by atoms with Crippen LogP contribution in [0.15, 0.2) is 34.9 Å². The Morgan fingerprint density at radius 2 is 2.31 bits per heavy atom. The van der Waals surface area contributed by atoms with Gasteiger partial charge in [-0.2, -0.15) is 0 Å². The van der Waals surface area contributed by atoms with Crippen LogP contribution in [0.4, 0.5) is 4.39 Å². The molecule has 0 saturated heterocycles. The maximum atomic E-state index is 12.9. The Balaban J connectivity index is 2.17. The highest BCUT2D eigenvalue weighted by atomic mass is 19.1. The maximum absolute atomic E-state index is 12.9. The number of carboxylic acid groups (broad SMARTS) is 1. The molecular weight excluding hydrogens is 213 g/mol. The van der Waals surface area contributed by atoms with Crippen molar-refractivity contribution in [2.75, 3.05) is 0 Å². The molecular formula is C11H8FNO3. The van der Waals surface area contributed by atoms with Gasteiger partial charge in [-0.05, 0) is 17.7 Å². The van der Waals surface area contributed by atoms with Crippen LogP contribution in [-0.2, 0) is 6.42 Å². The number of benzene rings is 1. The molecule has 2 rings (SSSR count). The van der Waals surface area contributed by atoms with Crippen LogP contribution >= 0.6 is 0 Å². The van der Waals surface area contributed by atoms with E-state index in [2.05, 4.69) is 4.98 Å². The van der Waals surface area contributed by atoms with Gasteiger partial charge in [0.05, 0.1) is 0 Å². The highest BCUT2D eigenvalue weighted by Gasteiger charge is 2.10. The van der Waals surface area contributed by atoms with Crippen LogP contribution in [0.5, 0.6) is 0 Å². The lowest BCUT2D eigenvalue weighted by Crippen LogP contribution is -1.97. The minimum Gasteiger partial charge on any atom is -0.476 e. The Morgan fingerprint density at radius 1 is 1.50 bits per heavy atom. The van der Waals surface area contributed by atoms with Crippen molar-refractivity contribution in [1.82, 2.24) is 4.98 Å².